The van der Waals surface area contributed by atoms with Gasteiger partial charge in [0, 0.05) is 28.5 Å². The SMILES string of the molecule is CC1=CC(=O)c2cc(C(=O)NCC#Cc3cn(C4CCC(CON)O4)c(=O)[nH]c3=O)ccc2C1=O. The van der Waals surface area contributed by atoms with E-state index in [4.69, 9.17) is 10.6 Å². The molecule has 1 fully saturated rings. The number of nitrogens with one attached hydrogen (secondary N) is 2. The molecule has 1 aliphatic heterocycles. The molecule has 2 unspecified atom stereocenters. The third-order valence-corrected chi connectivity index (χ3v) is 5.70. The van der Waals surface area contributed by atoms with Crippen LogP contribution in [0.25, 0.3) is 0 Å². The first-order valence-corrected chi connectivity index (χ1v) is 10.8. The molecule has 2 aliphatic rings. The molecule has 4 rings (SSSR count). The van der Waals surface area contributed by atoms with Crippen LogP contribution in [0.4, 0.5) is 0 Å². The average molecular weight is 478 g/mol. The van der Waals surface area contributed by atoms with Gasteiger partial charge >= 0.3 is 5.69 Å². The minimum absolute atomic E-state index is 0.0287. The molecule has 11 nitrogen and oxygen atoms in total. The van der Waals surface area contributed by atoms with Gasteiger partial charge in [0.15, 0.2) is 11.6 Å². The van der Waals surface area contributed by atoms with Crippen LogP contribution in [-0.2, 0) is 9.57 Å². The maximum atomic E-state index is 12.5. The van der Waals surface area contributed by atoms with Crippen molar-refractivity contribution in [2.24, 2.45) is 5.90 Å². The van der Waals surface area contributed by atoms with E-state index in [0.717, 1.165) is 0 Å². The smallest absolute Gasteiger partial charge is 0.330 e. The number of carbonyl (C=O) groups excluding carboxylic acids is 3. The third kappa shape index (κ3) is 5.04. The second-order valence-corrected chi connectivity index (χ2v) is 8.10. The molecule has 1 saturated heterocycles. The first kappa shape index (κ1) is 24.0. The molecule has 1 amide bonds. The van der Waals surface area contributed by atoms with Crippen molar-refractivity contribution < 1.29 is 24.0 Å². The summed E-state index contributed by atoms with van der Waals surface area (Å²) >= 11 is 0. The molecule has 2 heterocycles. The van der Waals surface area contributed by atoms with Crippen LogP contribution in [0.1, 0.15) is 62.6 Å². The number of Topliss-reactive ketones (excluding diaryl/α,β-unsaturated/α-hetero) is 1. The lowest BCUT2D eigenvalue weighted by Gasteiger charge is -2.15. The van der Waals surface area contributed by atoms with Crippen LogP contribution in [0.5, 0.6) is 0 Å². The van der Waals surface area contributed by atoms with E-state index in [1.165, 1.54) is 35.0 Å². The molecule has 0 saturated carbocycles. The van der Waals surface area contributed by atoms with Crippen LogP contribution in [0.2, 0.25) is 0 Å². The number of benzene rings is 1. The van der Waals surface area contributed by atoms with Crippen molar-refractivity contribution in [3.63, 3.8) is 0 Å². The summed E-state index contributed by atoms with van der Waals surface area (Å²) in [6.45, 7) is 1.65. The van der Waals surface area contributed by atoms with Crippen molar-refractivity contribution in [2.45, 2.75) is 32.1 Å². The Kier molecular flexibility index (Phi) is 6.88. The Hall–Kier alpha value is -4.11. The second kappa shape index (κ2) is 10.0. The summed E-state index contributed by atoms with van der Waals surface area (Å²) in [6.07, 6.45) is 2.89. The van der Waals surface area contributed by atoms with E-state index in [-0.39, 0.29) is 53.1 Å². The minimum atomic E-state index is -0.661. The summed E-state index contributed by atoms with van der Waals surface area (Å²) < 4.78 is 6.96. The van der Waals surface area contributed by atoms with Crippen molar-refractivity contribution in [1.82, 2.24) is 14.9 Å². The highest BCUT2D eigenvalue weighted by Crippen LogP contribution is 2.27. The highest BCUT2D eigenvalue weighted by Gasteiger charge is 2.28. The molecule has 1 aliphatic carbocycles. The van der Waals surface area contributed by atoms with Crippen LogP contribution in [-0.4, -0.2) is 46.3 Å². The van der Waals surface area contributed by atoms with E-state index >= 15 is 0 Å². The predicted octanol–water partition coefficient (Wildman–Crippen LogP) is 0.211. The fraction of sp³-hybridized carbons (Fsp3) is 0.292. The van der Waals surface area contributed by atoms with Crippen molar-refractivity contribution in [2.75, 3.05) is 13.2 Å². The fourth-order valence-corrected chi connectivity index (χ4v) is 3.92. The van der Waals surface area contributed by atoms with Gasteiger partial charge in [0.2, 0.25) is 0 Å². The largest absolute Gasteiger partial charge is 0.352 e. The average Bonchev–Trinajstić information content (AvgIpc) is 3.29. The summed E-state index contributed by atoms with van der Waals surface area (Å²) in [7, 11) is 0. The number of aromatic nitrogens is 2. The van der Waals surface area contributed by atoms with E-state index in [1.807, 2.05) is 0 Å². The number of carbonyl (C=O) groups is 3. The number of aromatic amines is 1. The van der Waals surface area contributed by atoms with Crippen molar-refractivity contribution in [1.29, 1.82) is 0 Å². The molecule has 180 valence electrons. The number of amides is 1. The van der Waals surface area contributed by atoms with Gasteiger partial charge < -0.3 is 14.9 Å². The molecular weight excluding hydrogens is 456 g/mol. The lowest BCUT2D eigenvalue weighted by Crippen LogP contribution is -2.34. The number of nitrogens with two attached hydrogens (primary N) is 1. The Morgan fingerprint density at radius 2 is 2.06 bits per heavy atom. The molecule has 0 spiro atoms. The highest BCUT2D eigenvalue weighted by molar-refractivity contribution is 6.24. The molecule has 2 atom stereocenters. The molecule has 4 N–H and O–H groups in total. The van der Waals surface area contributed by atoms with Crippen molar-refractivity contribution in [3.8, 4) is 11.8 Å². The molecule has 35 heavy (non-hydrogen) atoms. The van der Waals surface area contributed by atoms with Gasteiger partial charge in [0.05, 0.1) is 19.3 Å². The van der Waals surface area contributed by atoms with Crippen molar-refractivity contribution in [3.05, 3.63) is 79.1 Å². The molecule has 0 bridgehead atoms. The van der Waals surface area contributed by atoms with Gasteiger partial charge in [-0.3, -0.25) is 28.7 Å². The number of allylic oxidation sites excluding steroid dienone is 2. The summed E-state index contributed by atoms with van der Waals surface area (Å²) in [5.74, 6) is 9.28. The van der Waals surface area contributed by atoms with Gasteiger partial charge in [-0.15, -0.1) is 0 Å². The molecule has 1 aromatic carbocycles. The first-order chi connectivity index (χ1) is 16.8. The number of H-pyrrole nitrogens is 1. The van der Waals surface area contributed by atoms with Gasteiger partial charge in [0.25, 0.3) is 11.5 Å². The van der Waals surface area contributed by atoms with Crippen LogP contribution in [0.15, 0.2) is 45.6 Å². The molecule has 11 heteroatoms. The predicted molar refractivity (Wildman–Crippen MR) is 123 cm³/mol. The monoisotopic (exact) mass is 478 g/mol. The molecule has 0 radical (unpaired) electrons. The number of ketones is 2. The zero-order chi connectivity index (χ0) is 25.1. The standard InChI is InChI=1S/C24H22N4O7/c1-13-9-19(29)18-10-14(4-6-17(18)21(13)30)22(31)26-8-2-3-15-11-28(24(33)27-23(15)32)20-7-5-16(35-20)12-34-25/h4,6,9-11,16,20H,5,7-8,12,25H2,1H3,(H,26,31)(H,27,32,33). The summed E-state index contributed by atoms with van der Waals surface area (Å²) in [5, 5.41) is 2.58. The number of fused-ring (bicyclic) bond motifs is 1. The maximum absolute atomic E-state index is 12.5. The van der Waals surface area contributed by atoms with Crippen LogP contribution in [0, 0.1) is 11.8 Å². The topological polar surface area (TPSA) is 163 Å². The number of hydrogen-bond acceptors (Lipinski definition) is 8. The third-order valence-electron chi connectivity index (χ3n) is 5.70. The Labute approximate surface area is 198 Å². The first-order valence-electron chi connectivity index (χ1n) is 10.8. The molecule has 2 aromatic rings. The van der Waals surface area contributed by atoms with Gasteiger partial charge in [-0.2, -0.15) is 0 Å². The summed E-state index contributed by atoms with van der Waals surface area (Å²) in [6, 6.07) is 4.27. The van der Waals surface area contributed by atoms with Crippen LogP contribution in [0.3, 0.4) is 0 Å². The lowest BCUT2D eigenvalue weighted by atomic mass is 9.89. The second-order valence-electron chi connectivity index (χ2n) is 8.10. The quantitative estimate of drug-likeness (QED) is 0.406. The normalized spacial score (nSPS) is 19.0. The van der Waals surface area contributed by atoms with Gasteiger partial charge in [-0.05, 0) is 44.0 Å². The Bertz CT molecular complexity index is 1420. The van der Waals surface area contributed by atoms with E-state index in [9.17, 15) is 24.0 Å². The Morgan fingerprint density at radius 3 is 2.83 bits per heavy atom. The summed E-state index contributed by atoms with van der Waals surface area (Å²) in [4.78, 5) is 68.0. The summed E-state index contributed by atoms with van der Waals surface area (Å²) in [5.41, 5.74) is -0.289. The lowest BCUT2D eigenvalue weighted by molar-refractivity contribution is -0.0434. The highest BCUT2D eigenvalue weighted by atomic mass is 16.6. The van der Waals surface area contributed by atoms with E-state index in [1.54, 1.807) is 6.92 Å². The molecule has 1 aromatic heterocycles. The van der Waals surface area contributed by atoms with E-state index < -0.39 is 23.4 Å². The number of rotatable bonds is 5. The number of hydrogen-bond donors (Lipinski definition) is 3. The zero-order valence-corrected chi connectivity index (χ0v) is 18.8. The van der Waals surface area contributed by atoms with Gasteiger partial charge in [0.1, 0.15) is 11.8 Å². The van der Waals surface area contributed by atoms with E-state index in [2.05, 4.69) is 27.0 Å². The fourth-order valence-electron chi connectivity index (χ4n) is 3.92. The van der Waals surface area contributed by atoms with E-state index in [0.29, 0.717) is 18.4 Å². The maximum Gasteiger partial charge on any atom is 0.330 e. The number of ether oxygens (including phenoxy) is 1. The Morgan fingerprint density at radius 1 is 1.26 bits per heavy atom. The minimum Gasteiger partial charge on any atom is -0.352 e. The molecular formula is C24H22N4O7. The van der Waals surface area contributed by atoms with Gasteiger partial charge in [-0.1, -0.05) is 11.8 Å². The Balaban J connectivity index is 1.44. The van der Waals surface area contributed by atoms with Crippen LogP contribution < -0.4 is 22.5 Å². The van der Waals surface area contributed by atoms with Gasteiger partial charge in [-0.25, -0.2) is 10.7 Å². The zero-order valence-electron chi connectivity index (χ0n) is 18.8. The van der Waals surface area contributed by atoms with Crippen molar-refractivity contribution >= 4 is 17.5 Å². The van der Waals surface area contributed by atoms with Crippen LogP contribution >= 0.6 is 0 Å². The number of nitrogens with zero attached hydrogens (tertiary/aromatic N) is 1.